The second-order valence-electron chi connectivity index (χ2n) is 8.22. The number of rotatable bonds is 3. The molecule has 9 heteroatoms. The van der Waals surface area contributed by atoms with Crippen molar-refractivity contribution in [1.82, 2.24) is 25.2 Å². The molecule has 2 aromatic rings. The molecule has 1 N–H and O–H groups in total. The molecule has 0 bridgehead atoms. The maximum atomic E-state index is 12.9. The molecular formula is C19H23N5O3S. The summed E-state index contributed by atoms with van der Waals surface area (Å²) in [6.45, 7) is 8.63. The molecule has 4 rings (SSSR count). The third-order valence-electron chi connectivity index (χ3n) is 4.91. The van der Waals surface area contributed by atoms with Crippen molar-refractivity contribution in [3.63, 3.8) is 0 Å². The molecule has 8 nitrogen and oxygen atoms in total. The topological polar surface area (TPSA) is 97.3 Å². The molecule has 2 fully saturated rings. The first kappa shape index (κ1) is 18.8. The van der Waals surface area contributed by atoms with Crippen molar-refractivity contribution in [1.29, 1.82) is 0 Å². The summed E-state index contributed by atoms with van der Waals surface area (Å²) < 4.78 is 5.31. The van der Waals surface area contributed by atoms with E-state index in [0.717, 1.165) is 0 Å². The summed E-state index contributed by atoms with van der Waals surface area (Å²) in [4.78, 5) is 40.2. The van der Waals surface area contributed by atoms with E-state index >= 15 is 0 Å². The highest BCUT2D eigenvalue weighted by Gasteiger charge is 2.58. The number of likely N-dealkylation sites (tertiary alicyclic amines) is 1. The molecule has 148 valence electrons. The van der Waals surface area contributed by atoms with E-state index in [-0.39, 0.29) is 11.9 Å². The van der Waals surface area contributed by atoms with Gasteiger partial charge in [-0.2, -0.15) is 0 Å². The van der Waals surface area contributed by atoms with Crippen LogP contribution in [0.25, 0.3) is 10.8 Å². The first-order chi connectivity index (χ1) is 13.2. The quantitative estimate of drug-likeness (QED) is 0.849. The average molecular weight is 401 g/mol. The summed E-state index contributed by atoms with van der Waals surface area (Å²) in [6, 6.07) is 1.84. The third kappa shape index (κ3) is 3.71. The molecule has 1 aliphatic carbocycles. The van der Waals surface area contributed by atoms with Gasteiger partial charge in [0.15, 0.2) is 10.8 Å². The lowest BCUT2D eigenvalue weighted by molar-refractivity contribution is 0.0513. The molecule has 3 heterocycles. The highest BCUT2D eigenvalue weighted by molar-refractivity contribution is 7.17. The van der Waals surface area contributed by atoms with Crippen molar-refractivity contribution >= 4 is 23.3 Å². The number of fused-ring (bicyclic) bond motifs is 1. The van der Waals surface area contributed by atoms with E-state index in [2.05, 4.69) is 20.3 Å². The van der Waals surface area contributed by atoms with Gasteiger partial charge < -0.3 is 15.0 Å². The monoisotopic (exact) mass is 401 g/mol. The number of aryl methyl sites for hydroxylation is 1. The smallest absolute Gasteiger partial charge is 0.407 e. The van der Waals surface area contributed by atoms with Gasteiger partial charge in [-0.15, -0.1) is 11.3 Å². The van der Waals surface area contributed by atoms with Crippen molar-refractivity contribution in [2.45, 2.75) is 39.3 Å². The molecule has 0 aromatic carbocycles. The van der Waals surface area contributed by atoms with Gasteiger partial charge in [0, 0.05) is 43.4 Å². The Morgan fingerprint density at radius 3 is 2.46 bits per heavy atom. The van der Waals surface area contributed by atoms with E-state index in [1.54, 1.807) is 18.5 Å². The molecule has 0 radical (unpaired) electrons. The molecule has 1 saturated carbocycles. The highest BCUT2D eigenvalue weighted by atomic mass is 32.1. The van der Waals surface area contributed by atoms with Gasteiger partial charge in [0.2, 0.25) is 0 Å². The number of ether oxygens (including phenoxy) is 1. The van der Waals surface area contributed by atoms with Crippen LogP contribution in [0.2, 0.25) is 0 Å². The largest absolute Gasteiger partial charge is 0.444 e. The Hall–Kier alpha value is -2.55. The summed E-state index contributed by atoms with van der Waals surface area (Å²) in [6.07, 6.45) is 2.93. The van der Waals surface area contributed by atoms with Gasteiger partial charge in [-0.05, 0) is 33.8 Å². The van der Waals surface area contributed by atoms with Crippen LogP contribution in [-0.4, -0.2) is 56.6 Å². The van der Waals surface area contributed by atoms with Crippen molar-refractivity contribution in [3.8, 4) is 10.8 Å². The molecule has 0 spiro atoms. The minimum atomic E-state index is -0.514. The zero-order valence-corrected chi connectivity index (χ0v) is 17.1. The Morgan fingerprint density at radius 2 is 1.86 bits per heavy atom. The highest BCUT2D eigenvalue weighted by Crippen LogP contribution is 2.46. The van der Waals surface area contributed by atoms with E-state index in [4.69, 9.17) is 4.74 Å². The SMILES string of the molecule is Cc1nc(-c2ncccn2)sc1C(=O)N1C[C@@H]2C(NC(=O)OC(C)(C)C)[C@@H]2C1. The summed E-state index contributed by atoms with van der Waals surface area (Å²) in [5.74, 6) is 1.10. The summed E-state index contributed by atoms with van der Waals surface area (Å²) >= 11 is 1.32. The number of alkyl carbamates (subject to hydrolysis) is 1. The number of nitrogens with zero attached hydrogens (tertiary/aromatic N) is 4. The number of aromatic nitrogens is 3. The minimum absolute atomic E-state index is 0.0135. The average Bonchev–Trinajstić information content (AvgIpc) is 3.00. The Morgan fingerprint density at radius 1 is 1.21 bits per heavy atom. The van der Waals surface area contributed by atoms with Crippen LogP contribution in [0, 0.1) is 18.8 Å². The summed E-state index contributed by atoms with van der Waals surface area (Å²) in [5, 5.41) is 3.57. The van der Waals surface area contributed by atoms with E-state index < -0.39 is 11.7 Å². The predicted octanol–water partition coefficient (Wildman–Crippen LogP) is 2.50. The van der Waals surface area contributed by atoms with Gasteiger partial charge in [0.1, 0.15) is 10.5 Å². The number of hydrogen-bond donors (Lipinski definition) is 1. The normalized spacial score (nSPS) is 23.3. The van der Waals surface area contributed by atoms with Crippen LogP contribution < -0.4 is 5.32 Å². The minimum Gasteiger partial charge on any atom is -0.444 e. The Kier molecular flexibility index (Phi) is 4.57. The predicted molar refractivity (Wildman–Crippen MR) is 104 cm³/mol. The summed E-state index contributed by atoms with van der Waals surface area (Å²) in [5.41, 5.74) is 0.182. The van der Waals surface area contributed by atoms with Gasteiger partial charge in [0.05, 0.1) is 5.69 Å². The van der Waals surface area contributed by atoms with Crippen LogP contribution in [0.3, 0.4) is 0 Å². The lowest BCUT2D eigenvalue weighted by Gasteiger charge is -2.22. The van der Waals surface area contributed by atoms with Crippen LogP contribution in [0.1, 0.15) is 36.1 Å². The number of carbonyl (C=O) groups is 2. The maximum absolute atomic E-state index is 12.9. The number of thiazole rings is 1. The van der Waals surface area contributed by atoms with E-state index in [1.165, 1.54) is 11.3 Å². The van der Waals surface area contributed by atoms with Crippen LogP contribution >= 0.6 is 11.3 Å². The second-order valence-corrected chi connectivity index (χ2v) is 9.21. The molecule has 1 saturated heterocycles. The van der Waals surface area contributed by atoms with Crippen LogP contribution in [0.4, 0.5) is 4.79 Å². The van der Waals surface area contributed by atoms with Crippen molar-refractivity contribution < 1.29 is 14.3 Å². The fourth-order valence-electron chi connectivity index (χ4n) is 3.59. The number of carbonyl (C=O) groups excluding carboxylic acids is 2. The van der Waals surface area contributed by atoms with E-state index in [9.17, 15) is 9.59 Å². The molecular weight excluding hydrogens is 378 g/mol. The van der Waals surface area contributed by atoms with E-state index in [1.807, 2.05) is 32.6 Å². The Labute approximate surface area is 167 Å². The lowest BCUT2D eigenvalue weighted by atomic mass is 10.2. The number of nitrogens with one attached hydrogen (secondary N) is 1. The van der Waals surface area contributed by atoms with Gasteiger partial charge in [-0.3, -0.25) is 4.79 Å². The molecule has 2 amide bonds. The number of hydrogen-bond acceptors (Lipinski definition) is 7. The molecule has 2 aromatic heterocycles. The van der Waals surface area contributed by atoms with Crippen molar-refractivity contribution in [3.05, 3.63) is 29.0 Å². The first-order valence-electron chi connectivity index (χ1n) is 9.26. The van der Waals surface area contributed by atoms with Crippen molar-refractivity contribution in [2.24, 2.45) is 11.8 Å². The third-order valence-corrected chi connectivity index (χ3v) is 6.05. The van der Waals surface area contributed by atoms with Crippen LogP contribution in [0.15, 0.2) is 18.5 Å². The lowest BCUT2D eigenvalue weighted by Crippen LogP contribution is -2.39. The van der Waals surface area contributed by atoms with Gasteiger partial charge >= 0.3 is 6.09 Å². The molecule has 2 aliphatic rings. The van der Waals surface area contributed by atoms with E-state index in [0.29, 0.717) is 46.3 Å². The standard InChI is InChI=1S/C19H23N5O3S/c1-10-14(28-16(22-10)15-20-6-5-7-21-15)17(25)24-8-11-12(9-24)13(11)23-18(26)27-19(2,3)4/h5-7,11-13H,8-9H2,1-4H3,(H,23,26)/t11-,12+,13?. The first-order valence-corrected chi connectivity index (χ1v) is 10.1. The van der Waals surface area contributed by atoms with Gasteiger partial charge in [0.25, 0.3) is 5.91 Å². The Balaban J connectivity index is 1.36. The fraction of sp³-hybridized carbons (Fsp3) is 0.526. The molecule has 28 heavy (non-hydrogen) atoms. The Bertz CT molecular complexity index is 896. The maximum Gasteiger partial charge on any atom is 0.407 e. The molecule has 3 atom stereocenters. The summed E-state index contributed by atoms with van der Waals surface area (Å²) in [7, 11) is 0. The number of amides is 2. The van der Waals surface area contributed by atoms with Crippen LogP contribution in [0.5, 0.6) is 0 Å². The zero-order valence-electron chi connectivity index (χ0n) is 16.3. The fourth-order valence-corrected chi connectivity index (χ4v) is 4.58. The van der Waals surface area contributed by atoms with Crippen molar-refractivity contribution in [2.75, 3.05) is 13.1 Å². The molecule has 1 unspecified atom stereocenters. The second kappa shape index (κ2) is 6.80. The molecule has 1 aliphatic heterocycles. The number of piperidine rings is 1. The van der Waals surface area contributed by atoms with Crippen LogP contribution in [-0.2, 0) is 4.74 Å². The van der Waals surface area contributed by atoms with Gasteiger partial charge in [-0.1, -0.05) is 0 Å². The van der Waals surface area contributed by atoms with Gasteiger partial charge in [-0.25, -0.2) is 19.7 Å². The zero-order chi connectivity index (χ0) is 20.1.